The minimum atomic E-state index is -4.83. The molecule has 1 atom stereocenters. The van der Waals surface area contributed by atoms with Crippen molar-refractivity contribution >= 4 is 5.97 Å². The van der Waals surface area contributed by atoms with Gasteiger partial charge in [0.25, 0.3) is 0 Å². The third-order valence-corrected chi connectivity index (χ3v) is 3.89. The van der Waals surface area contributed by atoms with E-state index in [1.165, 1.54) is 26.0 Å². The number of aryl methyl sites for hydroxylation is 1. The predicted octanol–water partition coefficient (Wildman–Crippen LogP) is 3.54. The smallest absolute Gasteiger partial charge is 0.463 e. The SMILES string of the molecule is CCOC(=O)C1=C(C)OC(N)=C(C#N)C1c1ccc(OC(F)(F)F)cc1C. The van der Waals surface area contributed by atoms with Crippen LogP contribution in [0.15, 0.2) is 41.0 Å². The van der Waals surface area contributed by atoms with Crippen molar-refractivity contribution < 1.29 is 32.2 Å². The van der Waals surface area contributed by atoms with E-state index in [4.69, 9.17) is 15.2 Å². The Morgan fingerprint density at radius 3 is 2.56 bits per heavy atom. The van der Waals surface area contributed by atoms with Crippen molar-refractivity contribution in [2.75, 3.05) is 6.61 Å². The molecule has 0 saturated carbocycles. The Hall–Kier alpha value is -3.15. The van der Waals surface area contributed by atoms with Crippen molar-refractivity contribution in [3.63, 3.8) is 0 Å². The zero-order chi connectivity index (χ0) is 20.4. The van der Waals surface area contributed by atoms with Gasteiger partial charge in [0.05, 0.1) is 18.1 Å². The van der Waals surface area contributed by atoms with E-state index in [0.717, 1.165) is 6.07 Å². The van der Waals surface area contributed by atoms with Crippen LogP contribution in [0, 0.1) is 18.3 Å². The maximum atomic E-state index is 12.4. The van der Waals surface area contributed by atoms with E-state index < -0.39 is 24.0 Å². The molecule has 0 spiro atoms. The Bertz CT molecular complexity index is 866. The topological polar surface area (TPSA) is 94.6 Å². The number of halogens is 3. The van der Waals surface area contributed by atoms with E-state index in [2.05, 4.69) is 4.74 Å². The molecular formula is C18H17F3N2O4. The lowest BCUT2D eigenvalue weighted by Crippen LogP contribution is -2.26. The summed E-state index contributed by atoms with van der Waals surface area (Å²) in [4.78, 5) is 12.4. The van der Waals surface area contributed by atoms with Crippen molar-refractivity contribution in [2.45, 2.75) is 33.1 Å². The highest BCUT2D eigenvalue weighted by molar-refractivity contribution is 5.92. The molecule has 0 amide bonds. The first-order valence-corrected chi connectivity index (χ1v) is 7.90. The molecule has 1 aromatic carbocycles. The van der Waals surface area contributed by atoms with Gasteiger partial charge in [-0.15, -0.1) is 13.2 Å². The molecule has 27 heavy (non-hydrogen) atoms. The first kappa shape index (κ1) is 20.2. The van der Waals surface area contributed by atoms with Gasteiger partial charge in [0, 0.05) is 0 Å². The normalized spacial score (nSPS) is 17.3. The van der Waals surface area contributed by atoms with E-state index in [1.807, 2.05) is 6.07 Å². The average molecular weight is 382 g/mol. The molecule has 0 aromatic heterocycles. The van der Waals surface area contributed by atoms with Gasteiger partial charge in [0.1, 0.15) is 23.2 Å². The Balaban J connectivity index is 2.58. The number of nitriles is 1. The summed E-state index contributed by atoms with van der Waals surface area (Å²) in [7, 11) is 0. The molecule has 0 radical (unpaired) electrons. The highest BCUT2D eigenvalue weighted by Gasteiger charge is 2.37. The highest BCUT2D eigenvalue weighted by atomic mass is 19.4. The average Bonchev–Trinajstić information content (AvgIpc) is 2.53. The lowest BCUT2D eigenvalue weighted by atomic mass is 9.81. The monoisotopic (exact) mass is 382 g/mol. The van der Waals surface area contributed by atoms with Crippen LogP contribution in [0.2, 0.25) is 0 Å². The van der Waals surface area contributed by atoms with Gasteiger partial charge in [-0.05, 0) is 44.0 Å². The van der Waals surface area contributed by atoms with Crippen LogP contribution in [0.4, 0.5) is 13.2 Å². The fraction of sp³-hybridized carbons (Fsp3) is 0.333. The van der Waals surface area contributed by atoms with Crippen LogP contribution in [-0.4, -0.2) is 18.9 Å². The minimum Gasteiger partial charge on any atom is -0.463 e. The molecule has 2 N–H and O–H groups in total. The number of nitrogens with zero attached hydrogens (tertiary/aromatic N) is 1. The van der Waals surface area contributed by atoms with Crippen LogP contribution in [0.25, 0.3) is 0 Å². The van der Waals surface area contributed by atoms with Crippen molar-refractivity contribution in [3.8, 4) is 11.8 Å². The lowest BCUT2D eigenvalue weighted by Gasteiger charge is -2.28. The van der Waals surface area contributed by atoms with Crippen molar-refractivity contribution in [2.24, 2.45) is 5.73 Å². The molecule has 0 fully saturated rings. The van der Waals surface area contributed by atoms with Gasteiger partial charge in [-0.25, -0.2) is 4.79 Å². The van der Waals surface area contributed by atoms with Crippen LogP contribution in [0.1, 0.15) is 30.9 Å². The van der Waals surface area contributed by atoms with Gasteiger partial charge >= 0.3 is 12.3 Å². The van der Waals surface area contributed by atoms with E-state index in [0.29, 0.717) is 11.1 Å². The molecular weight excluding hydrogens is 365 g/mol. The third kappa shape index (κ3) is 4.34. The number of hydrogen-bond donors (Lipinski definition) is 1. The summed E-state index contributed by atoms with van der Waals surface area (Å²) in [6, 6.07) is 5.53. The van der Waals surface area contributed by atoms with E-state index in [1.54, 1.807) is 6.92 Å². The molecule has 0 aliphatic carbocycles. The van der Waals surface area contributed by atoms with Gasteiger partial charge in [-0.1, -0.05) is 6.07 Å². The molecule has 1 aromatic rings. The molecule has 2 rings (SSSR count). The number of alkyl halides is 3. The second kappa shape index (κ2) is 7.61. The first-order chi connectivity index (χ1) is 12.6. The summed E-state index contributed by atoms with van der Waals surface area (Å²) in [6.07, 6.45) is -4.83. The van der Waals surface area contributed by atoms with Crippen LogP contribution >= 0.6 is 0 Å². The molecule has 1 unspecified atom stereocenters. The molecule has 1 aliphatic rings. The molecule has 6 nitrogen and oxygen atoms in total. The first-order valence-electron chi connectivity index (χ1n) is 7.90. The number of carbonyl (C=O) groups excluding carboxylic acids is 1. The maximum Gasteiger partial charge on any atom is 0.573 e. The molecule has 0 bridgehead atoms. The standard InChI is InChI=1S/C18H17F3N2O4/c1-4-25-17(24)14-10(3)26-16(23)13(8-22)15(14)12-6-5-11(7-9(12)2)27-18(19,20)21/h5-7,15H,4,23H2,1-3H3. The van der Waals surface area contributed by atoms with Gasteiger partial charge in [0.2, 0.25) is 5.88 Å². The van der Waals surface area contributed by atoms with Crippen molar-refractivity contribution in [1.29, 1.82) is 5.26 Å². The molecule has 9 heteroatoms. The van der Waals surface area contributed by atoms with Crippen LogP contribution in [0.3, 0.4) is 0 Å². The van der Waals surface area contributed by atoms with Crippen molar-refractivity contribution in [1.82, 2.24) is 0 Å². The summed E-state index contributed by atoms with van der Waals surface area (Å²) in [5.41, 5.74) is 6.60. The number of ether oxygens (including phenoxy) is 3. The van der Waals surface area contributed by atoms with E-state index in [-0.39, 0.29) is 29.4 Å². The molecule has 0 saturated heterocycles. The number of carbonyl (C=O) groups is 1. The van der Waals surface area contributed by atoms with Gasteiger partial charge in [0.15, 0.2) is 0 Å². The number of nitrogens with two attached hydrogens (primary N) is 1. The van der Waals surface area contributed by atoms with Crippen LogP contribution < -0.4 is 10.5 Å². The van der Waals surface area contributed by atoms with Gasteiger partial charge in [-0.2, -0.15) is 5.26 Å². The molecule has 1 aliphatic heterocycles. The number of rotatable bonds is 4. The summed E-state index contributed by atoms with van der Waals surface area (Å²) in [6.45, 7) is 4.76. The Labute approximate surface area is 153 Å². The number of hydrogen-bond acceptors (Lipinski definition) is 6. The van der Waals surface area contributed by atoms with Crippen molar-refractivity contribution in [3.05, 3.63) is 52.1 Å². The van der Waals surface area contributed by atoms with Gasteiger partial charge < -0.3 is 19.9 Å². The highest BCUT2D eigenvalue weighted by Crippen LogP contribution is 2.41. The Morgan fingerprint density at radius 2 is 2.04 bits per heavy atom. The Kier molecular flexibility index (Phi) is 5.69. The maximum absolute atomic E-state index is 12.4. The Morgan fingerprint density at radius 1 is 1.37 bits per heavy atom. The summed E-state index contributed by atoms with van der Waals surface area (Å²) in [5, 5.41) is 9.49. The number of esters is 1. The molecule has 1 heterocycles. The minimum absolute atomic E-state index is 0.0313. The van der Waals surface area contributed by atoms with Crippen LogP contribution in [-0.2, 0) is 14.3 Å². The van der Waals surface area contributed by atoms with E-state index >= 15 is 0 Å². The second-order valence-electron chi connectivity index (χ2n) is 5.68. The number of allylic oxidation sites excluding steroid dienone is 2. The largest absolute Gasteiger partial charge is 0.573 e. The second-order valence-corrected chi connectivity index (χ2v) is 5.68. The zero-order valence-corrected chi connectivity index (χ0v) is 14.8. The third-order valence-electron chi connectivity index (χ3n) is 3.89. The number of benzene rings is 1. The van der Waals surface area contributed by atoms with Gasteiger partial charge in [-0.3, -0.25) is 0 Å². The quantitative estimate of drug-likeness (QED) is 0.801. The summed E-state index contributed by atoms with van der Waals surface area (Å²) >= 11 is 0. The molecule has 144 valence electrons. The summed E-state index contributed by atoms with van der Waals surface area (Å²) in [5.74, 6) is -2.06. The van der Waals surface area contributed by atoms with Crippen LogP contribution in [0.5, 0.6) is 5.75 Å². The fourth-order valence-corrected chi connectivity index (χ4v) is 2.84. The summed E-state index contributed by atoms with van der Waals surface area (Å²) < 4.78 is 51.5. The zero-order valence-electron chi connectivity index (χ0n) is 14.8. The lowest BCUT2D eigenvalue weighted by molar-refractivity contribution is -0.274. The fourth-order valence-electron chi connectivity index (χ4n) is 2.84. The predicted molar refractivity (Wildman–Crippen MR) is 87.8 cm³/mol. The van der Waals surface area contributed by atoms with E-state index in [9.17, 15) is 23.2 Å².